The molecule has 0 bridgehead atoms. The summed E-state index contributed by atoms with van der Waals surface area (Å²) in [6.07, 6.45) is 0. The second-order valence-electron chi connectivity index (χ2n) is 5.52. The molecule has 3 rings (SSSR count). The second-order valence-corrected chi connectivity index (χ2v) is 8.13. The lowest BCUT2D eigenvalue weighted by Crippen LogP contribution is -2.19. The van der Waals surface area contributed by atoms with Gasteiger partial charge >= 0.3 is 0 Å². The zero-order valence-corrected chi connectivity index (χ0v) is 15.4. The number of aryl methyl sites for hydroxylation is 1. The molecule has 0 N–H and O–H groups in total. The lowest BCUT2D eigenvalue weighted by molar-refractivity contribution is 0.187. The van der Waals surface area contributed by atoms with Gasteiger partial charge < -0.3 is 9.30 Å². The number of nitrogens with zero attached hydrogens (tertiary/aromatic N) is 2. The Morgan fingerprint density at radius 1 is 1.20 bits per heavy atom. The Morgan fingerprint density at radius 3 is 2.60 bits per heavy atom. The van der Waals surface area contributed by atoms with Gasteiger partial charge in [0.1, 0.15) is 5.82 Å². The van der Waals surface area contributed by atoms with Crippen LogP contribution in [0, 0.1) is 12.7 Å². The van der Waals surface area contributed by atoms with Crippen LogP contribution in [0.3, 0.4) is 0 Å². The Balaban J connectivity index is 2.18. The van der Waals surface area contributed by atoms with E-state index < -0.39 is 10.0 Å². The number of benzene rings is 2. The monoisotopic (exact) mass is 380 g/mol. The highest BCUT2D eigenvalue weighted by Gasteiger charge is 2.15. The predicted octanol–water partition coefficient (Wildman–Crippen LogP) is 3.09. The average Bonchev–Trinajstić information content (AvgIpc) is 2.88. The molecule has 0 aliphatic heterocycles. The fraction of sp³-hybridized carbons (Fsp3) is 0.235. The molecule has 132 valence electrons. The fourth-order valence-corrected chi connectivity index (χ4v) is 4.67. The highest BCUT2D eigenvalue weighted by Crippen LogP contribution is 2.20. The number of hydrogen-bond donors (Lipinski definition) is 0. The van der Waals surface area contributed by atoms with Crippen molar-refractivity contribution in [3.8, 4) is 0 Å². The first-order chi connectivity index (χ1) is 11.9. The Kier molecular flexibility index (Phi) is 5.03. The topological polar surface area (TPSA) is 60.7 Å². The van der Waals surface area contributed by atoms with Gasteiger partial charge in [0.2, 0.25) is 4.80 Å². The van der Waals surface area contributed by atoms with Gasteiger partial charge in [-0.2, -0.15) is 8.42 Å². The lowest BCUT2D eigenvalue weighted by atomic mass is 10.2. The Labute approximate surface area is 149 Å². The summed E-state index contributed by atoms with van der Waals surface area (Å²) >= 11 is 1.13. The van der Waals surface area contributed by atoms with Crippen LogP contribution in [0.2, 0.25) is 0 Å². The van der Waals surface area contributed by atoms with E-state index >= 15 is 0 Å². The van der Waals surface area contributed by atoms with Crippen LogP contribution in [0.4, 0.5) is 4.39 Å². The molecule has 2 aromatic carbocycles. The summed E-state index contributed by atoms with van der Waals surface area (Å²) in [7, 11) is -2.29. The lowest BCUT2D eigenvalue weighted by Gasteiger charge is -2.04. The highest BCUT2D eigenvalue weighted by atomic mass is 32.2. The molecule has 0 fully saturated rings. The number of thiazole rings is 1. The molecule has 0 aliphatic carbocycles. The van der Waals surface area contributed by atoms with Gasteiger partial charge in [-0.3, -0.25) is 0 Å². The summed E-state index contributed by atoms with van der Waals surface area (Å²) in [5, 5.41) is 0. The number of fused-ring (bicyclic) bond motifs is 1. The summed E-state index contributed by atoms with van der Waals surface area (Å²) in [4.78, 5) is 0.415. The molecule has 0 aliphatic rings. The van der Waals surface area contributed by atoms with E-state index in [1.54, 1.807) is 29.9 Å². The quantitative estimate of drug-likeness (QED) is 0.683. The van der Waals surface area contributed by atoms with Gasteiger partial charge in [0, 0.05) is 13.7 Å². The van der Waals surface area contributed by atoms with Gasteiger partial charge in [0.25, 0.3) is 10.0 Å². The van der Waals surface area contributed by atoms with E-state index in [0.29, 0.717) is 22.7 Å². The third-order valence-electron chi connectivity index (χ3n) is 3.68. The molecule has 1 aromatic heterocycles. The molecule has 25 heavy (non-hydrogen) atoms. The smallest absolute Gasteiger partial charge is 0.285 e. The molecule has 0 spiro atoms. The van der Waals surface area contributed by atoms with Crippen molar-refractivity contribution >= 4 is 31.6 Å². The Morgan fingerprint density at radius 2 is 1.92 bits per heavy atom. The molecule has 8 heteroatoms. The van der Waals surface area contributed by atoms with Crippen molar-refractivity contribution in [2.45, 2.75) is 18.4 Å². The molecule has 0 amide bonds. The SMILES string of the molecule is COCCn1c(=NS(=O)(=O)c2ccc(C)cc2)sc2cc(F)ccc21. The van der Waals surface area contributed by atoms with Crippen molar-refractivity contribution in [2.75, 3.05) is 13.7 Å². The second kappa shape index (κ2) is 7.07. The summed E-state index contributed by atoms with van der Waals surface area (Å²) < 4.78 is 50.1. The highest BCUT2D eigenvalue weighted by molar-refractivity contribution is 7.90. The summed E-state index contributed by atoms with van der Waals surface area (Å²) in [5.41, 5.74) is 1.69. The third-order valence-corrected chi connectivity index (χ3v) is 6.12. The normalized spacial score (nSPS) is 12.8. The minimum absolute atomic E-state index is 0.125. The van der Waals surface area contributed by atoms with Crippen LogP contribution in [0.15, 0.2) is 51.8 Å². The van der Waals surface area contributed by atoms with E-state index in [1.807, 2.05) is 6.92 Å². The van der Waals surface area contributed by atoms with Crippen molar-refractivity contribution < 1.29 is 17.5 Å². The zero-order chi connectivity index (χ0) is 18.0. The number of sulfonamides is 1. The van der Waals surface area contributed by atoms with E-state index in [-0.39, 0.29) is 10.7 Å². The molecule has 1 heterocycles. The van der Waals surface area contributed by atoms with Crippen LogP contribution >= 0.6 is 11.3 Å². The minimum atomic E-state index is -3.86. The van der Waals surface area contributed by atoms with Crippen molar-refractivity contribution in [3.05, 3.63) is 58.6 Å². The van der Waals surface area contributed by atoms with Gasteiger partial charge in [-0.25, -0.2) is 4.39 Å². The van der Waals surface area contributed by atoms with E-state index in [0.717, 1.165) is 22.4 Å². The minimum Gasteiger partial charge on any atom is -0.383 e. The maximum Gasteiger partial charge on any atom is 0.285 e. The van der Waals surface area contributed by atoms with Gasteiger partial charge in [-0.15, -0.1) is 4.40 Å². The molecule has 0 atom stereocenters. The first-order valence-corrected chi connectivity index (χ1v) is 9.82. The van der Waals surface area contributed by atoms with Gasteiger partial charge in [0.05, 0.1) is 21.7 Å². The van der Waals surface area contributed by atoms with Crippen LogP contribution in [0.1, 0.15) is 5.56 Å². The third kappa shape index (κ3) is 3.81. The van der Waals surface area contributed by atoms with E-state index in [2.05, 4.69) is 4.40 Å². The number of aromatic nitrogens is 1. The van der Waals surface area contributed by atoms with Crippen molar-refractivity contribution in [2.24, 2.45) is 4.40 Å². The van der Waals surface area contributed by atoms with Crippen LogP contribution < -0.4 is 4.80 Å². The number of rotatable bonds is 5. The van der Waals surface area contributed by atoms with Crippen molar-refractivity contribution in [1.29, 1.82) is 0 Å². The van der Waals surface area contributed by atoms with Crippen LogP contribution in [-0.2, 0) is 21.3 Å². The summed E-state index contributed by atoms with van der Waals surface area (Å²) in [6.45, 7) is 2.69. The summed E-state index contributed by atoms with van der Waals surface area (Å²) in [5.74, 6) is -0.374. The molecule has 0 unspecified atom stereocenters. The number of methoxy groups -OCH3 is 1. The molecule has 0 saturated heterocycles. The molecule has 0 saturated carbocycles. The maximum atomic E-state index is 13.5. The molecular weight excluding hydrogens is 363 g/mol. The molecule has 5 nitrogen and oxygen atoms in total. The standard InChI is InChI=1S/C17H17FN2O3S2/c1-12-3-6-14(7-4-12)25(21,22)19-17-20(9-10-23-2)15-8-5-13(18)11-16(15)24-17/h3-8,11H,9-10H2,1-2H3. The first kappa shape index (κ1) is 17.8. The van der Waals surface area contributed by atoms with E-state index in [9.17, 15) is 12.8 Å². The molecule has 3 aromatic rings. The zero-order valence-electron chi connectivity index (χ0n) is 13.8. The average molecular weight is 380 g/mol. The summed E-state index contributed by atoms with van der Waals surface area (Å²) in [6, 6.07) is 10.8. The first-order valence-electron chi connectivity index (χ1n) is 7.56. The van der Waals surface area contributed by atoms with Crippen LogP contribution in [0.25, 0.3) is 10.2 Å². The van der Waals surface area contributed by atoms with E-state index in [1.165, 1.54) is 24.3 Å². The largest absolute Gasteiger partial charge is 0.383 e. The fourth-order valence-electron chi connectivity index (χ4n) is 2.38. The van der Waals surface area contributed by atoms with Crippen LogP contribution in [0.5, 0.6) is 0 Å². The molecule has 0 radical (unpaired) electrons. The van der Waals surface area contributed by atoms with E-state index in [4.69, 9.17) is 4.74 Å². The Hall–Kier alpha value is -2.03. The van der Waals surface area contributed by atoms with Crippen molar-refractivity contribution in [1.82, 2.24) is 4.57 Å². The maximum absolute atomic E-state index is 13.5. The van der Waals surface area contributed by atoms with Crippen molar-refractivity contribution in [3.63, 3.8) is 0 Å². The number of hydrogen-bond acceptors (Lipinski definition) is 4. The number of halogens is 1. The molecular formula is C17H17FN2O3S2. The van der Waals surface area contributed by atoms with Gasteiger partial charge in [0.15, 0.2) is 0 Å². The predicted molar refractivity (Wildman–Crippen MR) is 95.6 cm³/mol. The number of ether oxygens (including phenoxy) is 1. The van der Waals surface area contributed by atoms with Gasteiger partial charge in [-0.05, 0) is 37.3 Å². The van der Waals surface area contributed by atoms with Gasteiger partial charge in [-0.1, -0.05) is 29.0 Å². The van der Waals surface area contributed by atoms with Crippen LogP contribution in [-0.4, -0.2) is 26.7 Å². The Bertz CT molecular complexity index is 1070.